The van der Waals surface area contributed by atoms with E-state index in [-0.39, 0.29) is 17.5 Å². The third-order valence-corrected chi connectivity index (χ3v) is 15.4. The van der Waals surface area contributed by atoms with Crippen LogP contribution in [0.3, 0.4) is 0 Å². The van der Waals surface area contributed by atoms with Gasteiger partial charge in [0.1, 0.15) is 6.17 Å². The first-order chi connectivity index (χ1) is 33.0. The van der Waals surface area contributed by atoms with Crippen molar-refractivity contribution in [3.8, 4) is 22.5 Å². The number of aliphatic imine (C=N–C) groups is 1. The van der Waals surface area contributed by atoms with Gasteiger partial charge in [-0.15, -0.1) is 0 Å². The first-order valence-corrected chi connectivity index (χ1v) is 23.9. The Morgan fingerprint density at radius 2 is 1.34 bits per heavy atom. The average molecular weight is 861 g/mol. The van der Waals surface area contributed by atoms with Gasteiger partial charge in [-0.2, -0.15) is 0 Å². The predicted octanol–water partition coefficient (Wildman–Crippen LogP) is 14.8. The molecule has 4 heteroatoms. The predicted molar refractivity (Wildman–Crippen MR) is 277 cm³/mol. The molecule has 4 aliphatic carbocycles. The van der Waals surface area contributed by atoms with Crippen molar-refractivity contribution in [3.05, 3.63) is 256 Å². The van der Waals surface area contributed by atoms with Crippen molar-refractivity contribution < 1.29 is 0 Å². The van der Waals surface area contributed by atoms with Crippen molar-refractivity contribution in [2.45, 2.75) is 44.2 Å². The molecule has 67 heavy (non-hydrogen) atoms. The number of hydrogen-bond acceptors (Lipinski definition) is 2. The van der Waals surface area contributed by atoms with Crippen LogP contribution in [0.2, 0.25) is 0 Å². The molecule has 0 radical (unpaired) electrons. The fraction of sp³-hybridized carbons (Fsp3) is 0.127. The van der Waals surface area contributed by atoms with Gasteiger partial charge in [-0.3, -0.25) is 4.99 Å². The first-order valence-electron chi connectivity index (χ1n) is 23.9. The van der Waals surface area contributed by atoms with E-state index in [4.69, 9.17) is 4.99 Å². The standard InChI is InChI=1S/C63H48N4/c1-63(2)53-26-11-8-22-47(53)51-38-41(31-34-54(51)63)60-50-33-30-39-16-6-7-21-46(39)61(50)65-62(64-60)42-17-14-20-44(36-42)67-55-27-12-9-23-48(55)52-37-40(32-35-57(52)67)45-25-15-29-58-59(45)49-24-10-13-28-56(49)66(58)43-18-4-3-5-19-43/h3-29,31-36,38-40,62,65H,30,37H2,1-2H3. The SMILES string of the molecule is CC1(C)c2ccccc2-c2cc(C3=NC(c4cccc(-n5c6c(c7ccccc75)CC(c5cccc7c5c5ccccc5n7-c5ccccc5)C=C6)c4)NC4=C5C=CC=CC5CC=C34)ccc21. The quantitative estimate of drug-likeness (QED) is 0.184. The van der Waals surface area contributed by atoms with Crippen LogP contribution in [0, 0.1) is 5.92 Å². The number of para-hydroxylation sites is 3. The van der Waals surface area contributed by atoms with Gasteiger partial charge in [0.05, 0.1) is 22.3 Å². The van der Waals surface area contributed by atoms with Gasteiger partial charge in [-0.25, -0.2) is 0 Å². The molecule has 0 saturated heterocycles. The number of nitrogens with zero attached hydrogens (tertiary/aromatic N) is 3. The normalized spacial score (nSPS) is 19.7. The number of fused-ring (bicyclic) bond motifs is 11. The Morgan fingerprint density at radius 1 is 0.597 bits per heavy atom. The zero-order valence-electron chi connectivity index (χ0n) is 37.6. The molecule has 0 spiro atoms. The van der Waals surface area contributed by atoms with Crippen molar-refractivity contribution in [1.29, 1.82) is 0 Å². The van der Waals surface area contributed by atoms with Gasteiger partial charge in [0.15, 0.2) is 0 Å². The second-order valence-electron chi connectivity index (χ2n) is 19.4. The zero-order chi connectivity index (χ0) is 44.4. The van der Waals surface area contributed by atoms with Crippen LogP contribution in [0.1, 0.15) is 71.4 Å². The lowest BCUT2D eigenvalue weighted by molar-refractivity contribution is 0.599. The largest absolute Gasteiger partial charge is 0.359 e. The number of allylic oxidation sites excluding steroid dienone is 8. The third-order valence-electron chi connectivity index (χ3n) is 15.4. The summed E-state index contributed by atoms with van der Waals surface area (Å²) in [5.41, 5.74) is 22.5. The number of aromatic nitrogens is 2. The average Bonchev–Trinajstić information content (AvgIpc) is 3.99. The fourth-order valence-corrected chi connectivity index (χ4v) is 12.3. The molecule has 0 bridgehead atoms. The van der Waals surface area contributed by atoms with Crippen molar-refractivity contribution in [2.24, 2.45) is 10.9 Å². The van der Waals surface area contributed by atoms with Gasteiger partial charge < -0.3 is 14.5 Å². The van der Waals surface area contributed by atoms with E-state index in [9.17, 15) is 0 Å². The van der Waals surface area contributed by atoms with E-state index >= 15 is 0 Å². The summed E-state index contributed by atoms with van der Waals surface area (Å²) in [6, 6.07) is 60.6. The summed E-state index contributed by atoms with van der Waals surface area (Å²) in [6.45, 7) is 4.70. The summed E-state index contributed by atoms with van der Waals surface area (Å²) >= 11 is 0. The van der Waals surface area contributed by atoms with E-state index in [0.717, 1.165) is 35.4 Å². The van der Waals surface area contributed by atoms with Gasteiger partial charge in [-0.05, 0) is 112 Å². The van der Waals surface area contributed by atoms with E-state index in [1.54, 1.807) is 0 Å². The van der Waals surface area contributed by atoms with Crippen LogP contribution in [0.5, 0.6) is 0 Å². The molecule has 1 aliphatic heterocycles. The molecule has 14 rings (SSSR count). The monoisotopic (exact) mass is 860 g/mol. The minimum atomic E-state index is -0.277. The Hall–Kier alpha value is -7.95. The molecule has 4 nitrogen and oxygen atoms in total. The Labute approximate surface area is 391 Å². The van der Waals surface area contributed by atoms with Crippen LogP contribution in [0.4, 0.5) is 0 Å². The molecule has 0 amide bonds. The molecule has 7 aromatic carbocycles. The van der Waals surface area contributed by atoms with E-state index < -0.39 is 0 Å². The van der Waals surface area contributed by atoms with Gasteiger partial charge in [0.25, 0.3) is 0 Å². The second-order valence-corrected chi connectivity index (χ2v) is 19.4. The number of benzene rings is 7. The van der Waals surface area contributed by atoms with E-state index in [2.05, 4.69) is 235 Å². The first kappa shape index (κ1) is 38.3. The highest BCUT2D eigenvalue weighted by molar-refractivity contribution is 6.17. The topological polar surface area (TPSA) is 34.2 Å². The van der Waals surface area contributed by atoms with Crippen LogP contribution in [0.15, 0.2) is 222 Å². The zero-order valence-corrected chi connectivity index (χ0v) is 37.6. The second kappa shape index (κ2) is 14.5. The van der Waals surface area contributed by atoms with Gasteiger partial charge in [0.2, 0.25) is 0 Å². The van der Waals surface area contributed by atoms with Crippen LogP contribution >= 0.6 is 0 Å². The molecular weight excluding hydrogens is 813 g/mol. The molecule has 2 aromatic heterocycles. The summed E-state index contributed by atoms with van der Waals surface area (Å²) in [5, 5.41) is 7.94. The van der Waals surface area contributed by atoms with Crippen molar-refractivity contribution >= 4 is 44.5 Å². The van der Waals surface area contributed by atoms with Crippen molar-refractivity contribution in [2.75, 3.05) is 0 Å². The Kier molecular flexibility index (Phi) is 8.31. The lowest BCUT2D eigenvalue weighted by Gasteiger charge is -2.35. The highest BCUT2D eigenvalue weighted by Crippen LogP contribution is 2.50. The molecule has 1 N–H and O–H groups in total. The summed E-state index contributed by atoms with van der Waals surface area (Å²) in [4.78, 5) is 5.68. The Balaban J connectivity index is 0.881. The van der Waals surface area contributed by atoms with Gasteiger partial charge >= 0.3 is 0 Å². The third kappa shape index (κ3) is 5.69. The van der Waals surface area contributed by atoms with E-state index in [1.807, 2.05) is 0 Å². The maximum absolute atomic E-state index is 5.68. The highest BCUT2D eigenvalue weighted by atomic mass is 15.1. The number of hydrogen-bond donors (Lipinski definition) is 1. The maximum atomic E-state index is 5.68. The van der Waals surface area contributed by atoms with E-state index in [1.165, 1.54) is 94.3 Å². The Bertz CT molecular complexity index is 3770. The smallest absolute Gasteiger partial charge is 0.145 e. The van der Waals surface area contributed by atoms with Crippen LogP contribution < -0.4 is 5.32 Å². The van der Waals surface area contributed by atoms with Crippen LogP contribution in [0.25, 0.3) is 61.3 Å². The van der Waals surface area contributed by atoms with Crippen molar-refractivity contribution in [3.63, 3.8) is 0 Å². The maximum Gasteiger partial charge on any atom is 0.145 e. The molecule has 0 saturated carbocycles. The molecule has 5 aliphatic rings. The summed E-state index contributed by atoms with van der Waals surface area (Å²) in [5.74, 6) is 0.563. The lowest BCUT2D eigenvalue weighted by atomic mass is 9.79. The van der Waals surface area contributed by atoms with Gasteiger partial charge in [-0.1, -0.05) is 166 Å². The molecule has 9 aromatic rings. The fourth-order valence-electron chi connectivity index (χ4n) is 12.3. The highest BCUT2D eigenvalue weighted by Gasteiger charge is 2.37. The number of rotatable bonds is 5. The molecule has 3 unspecified atom stereocenters. The summed E-state index contributed by atoms with van der Waals surface area (Å²) < 4.78 is 4.91. The molecule has 320 valence electrons. The molecule has 3 atom stereocenters. The van der Waals surface area contributed by atoms with Crippen molar-refractivity contribution in [1.82, 2.24) is 14.5 Å². The Morgan fingerprint density at radius 3 is 2.24 bits per heavy atom. The molecule has 0 fully saturated rings. The van der Waals surface area contributed by atoms with Crippen LogP contribution in [-0.2, 0) is 11.8 Å². The van der Waals surface area contributed by atoms with E-state index in [0.29, 0.717) is 5.92 Å². The number of nitrogens with one attached hydrogen (secondary N) is 1. The minimum absolute atomic E-state index is 0.0523. The van der Waals surface area contributed by atoms with Crippen LogP contribution in [-0.4, -0.2) is 14.8 Å². The molecular formula is C63H48N4. The lowest BCUT2D eigenvalue weighted by Crippen LogP contribution is -2.33. The summed E-state index contributed by atoms with van der Waals surface area (Å²) in [7, 11) is 0. The van der Waals surface area contributed by atoms with Gasteiger partial charge in [0, 0.05) is 67.3 Å². The molecule has 3 heterocycles. The summed E-state index contributed by atoms with van der Waals surface area (Å²) in [6.07, 6.45) is 17.9. The minimum Gasteiger partial charge on any atom is -0.359 e.